The molecule has 0 unspecified atom stereocenters. The Kier molecular flexibility index (Phi) is 28.7. The molecule has 152 valence electrons. The molecule has 0 spiro atoms. The molecule has 0 fully saturated rings. The van der Waals surface area contributed by atoms with Crippen molar-refractivity contribution in [2.75, 3.05) is 27.2 Å². The molecule has 0 aliphatic heterocycles. The van der Waals surface area contributed by atoms with E-state index in [4.69, 9.17) is 11.5 Å². The number of hydrogen-bond acceptors (Lipinski definition) is 10. The molecule has 0 bridgehead atoms. The fourth-order valence-corrected chi connectivity index (χ4v) is 1.76. The van der Waals surface area contributed by atoms with Gasteiger partial charge in [-0.1, -0.05) is 0 Å². The van der Waals surface area contributed by atoms with Crippen LogP contribution in [0.5, 0.6) is 0 Å². The zero-order chi connectivity index (χ0) is 21.3. The minimum absolute atomic E-state index is 0. The van der Waals surface area contributed by atoms with Gasteiger partial charge in [0, 0.05) is 14.1 Å². The van der Waals surface area contributed by atoms with Crippen molar-refractivity contribution in [3.8, 4) is 0 Å². The van der Waals surface area contributed by atoms with Crippen LogP contribution in [0.25, 0.3) is 0 Å². The molecular formula is C8H14Ba3N6O10P2. The minimum Gasteiger partial charge on any atom is -0.793 e. The SMILES string of the molecule is CN(CC(=O)[O-])C(N)=NP(=O)([O-])[O-].CN(CC(=O)[O-])C(N)=NP(=O)([O-])[O-].[Ba+2].[Ba+2].[Ba+2]. The molecule has 0 heterocycles. The first-order valence-electron chi connectivity index (χ1n) is 6.02. The van der Waals surface area contributed by atoms with Crippen molar-refractivity contribution in [1.82, 2.24) is 9.80 Å². The van der Waals surface area contributed by atoms with Crippen molar-refractivity contribution in [3.05, 3.63) is 0 Å². The second kappa shape index (κ2) is 19.9. The van der Waals surface area contributed by atoms with Gasteiger partial charge in [-0.2, -0.15) is 0 Å². The molecule has 0 aromatic carbocycles. The number of nitrogens with zero attached hydrogens (tertiary/aromatic N) is 4. The summed E-state index contributed by atoms with van der Waals surface area (Å²) in [5, 5.41) is 20.0. The normalized spacial score (nSPS) is 11.4. The van der Waals surface area contributed by atoms with Crippen molar-refractivity contribution in [1.29, 1.82) is 0 Å². The number of carboxylic acids is 2. The van der Waals surface area contributed by atoms with E-state index in [-0.39, 0.29) is 147 Å². The van der Waals surface area contributed by atoms with E-state index in [0.29, 0.717) is 0 Å². The summed E-state index contributed by atoms with van der Waals surface area (Å²) >= 11 is 0. The van der Waals surface area contributed by atoms with Crippen molar-refractivity contribution < 1.29 is 48.5 Å². The molecule has 0 saturated carbocycles. The van der Waals surface area contributed by atoms with Crippen LogP contribution in [0.3, 0.4) is 0 Å². The van der Waals surface area contributed by atoms with Gasteiger partial charge in [0.25, 0.3) is 0 Å². The third-order valence-corrected chi connectivity index (χ3v) is 2.86. The number of aliphatic carboxylic acids is 2. The first-order valence-corrected chi connectivity index (χ1v) is 9.01. The number of nitrogens with two attached hydrogens (primary N) is 2. The average Bonchev–Trinajstić information content (AvgIpc) is 2.33. The molecule has 0 saturated heterocycles. The van der Waals surface area contributed by atoms with E-state index in [1.54, 1.807) is 0 Å². The van der Waals surface area contributed by atoms with Crippen LogP contribution in [-0.4, -0.2) is 207 Å². The zero-order valence-corrected chi connectivity index (χ0v) is 30.6. The van der Waals surface area contributed by atoms with Gasteiger partial charge in [-0.3, -0.25) is 0 Å². The number of likely N-dealkylation sites (N-methyl/N-ethyl adjacent to an activating group) is 2. The second-order valence-corrected chi connectivity index (χ2v) is 6.58. The van der Waals surface area contributed by atoms with Gasteiger partial charge < -0.3 is 69.8 Å². The number of guanidine groups is 2. The van der Waals surface area contributed by atoms with Crippen LogP contribution in [0.1, 0.15) is 0 Å². The van der Waals surface area contributed by atoms with E-state index in [0.717, 1.165) is 23.9 Å². The van der Waals surface area contributed by atoms with Crippen molar-refractivity contribution in [3.63, 3.8) is 0 Å². The fourth-order valence-electron chi connectivity index (χ4n) is 0.953. The molecule has 0 amide bonds. The van der Waals surface area contributed by atoms with Crippen LogP contribution in [0.15, 0.2) is 9.53 Å². The summed E-state index contributed by atoms with van der Waals surface area (Å²) in [6.07, 6.45) is 0. The molecule has 0 aliphatic rings. The summed E-state index contributed by atoms with van der Waals surface area (Å²) in [6, 6.07) is 0. The van der Waals surface area contributed by atoms with Crippen LogP contribution < -0.4 is 41.3 Å². The van der Waals surface area contributed by atoms with Gasteiger partial charge >= 0.3 is 147 Å². The van der Waals surface area contributed by atoms with E-state index in [9.17, 15) is 48.5 Å². The van der Waals surface area contributed by atoms with Gasteiger partial charge in [-0.15, -0.1) is 0 Å². The summed E-state index contributed by atoms with van der Waals surface area (Å²) < 4.78 is 25.2. The summed E-state index contributed by atoms with van der Waals surface area (Å²) in [5.41, 5.74) is 9.93. The van der Waals surface area contributed by atoms with E-state index in [1.165, 1.54) is 0 Å². The molecule has 21 heteroatoms. The maximum Gasteiger partial charge on any atom is 2.00 e. The van der Waals surface area contributed by atoms with Crippen LogP contribution in [0.2, 0.25) is 0 Å². The van der Waals surface area contributed by atoms with E-state index >= 15 is 0 Å². The molecule has 0 rings (SSSR count). The molecule has 29 heavy (non-hydrogen) atoms. The first-order chi connectivity index (χ1) is 11.4. The molecule has 4 N–H and O–H groups in total. The van der Waals surface area contributed by atoms with Crippen molar-refractivity contribution in [2.24, 2.45) is 21.0 Å². The fraction of sp³-hybridized carbons (Fsp3) is 0.500. The van der Waals surface area contributed by atoms with Crippen LogP contribution in [-0.2, 0) is 18.7 Å². The standard InChI is InChI=1S/2C4H10N3O5P.3Ba/c2*1-7(2-3(8)9)4(5)6-13(10,11)12;;;/h2*2H2,1H3,(H,8,9)(H4,5,6,10,11,12);;;/q;;3*+2/p-6. The monoisotopic (exact) mass is 830 g/mol. The predicted octanol–water partition coefficient (Wildman–Crippen LogP) is -9.52. The van der Waals surface area contributed by atoms with Gasteiger partial charge in [-0.25, -0.2) is 9.53 Å². The van der Waals surface area contributed by atoms with Crippen molar-refractivity contribution in [2.45, 2.75) is 0 Å². The van der Waals surface area contributed by atoms with E-state index < -0.39 is 52.4 Å². The molecule has 0 radical (unpaired) electrons. The average molecular weight is 828 g/mol. The third-order valence-electron chi connectivity index (χ3n) is 1.96. The number of rotatable bonds is 6. The molecule has 0 aliphatic carbocycles. The quantitative estimate of drug-likeness (QED) is 0.109. The predicted molar refractivity (Wildman–Crippen MR) is 91.0 cm³/mol. The summed E-state index contributed by atoms with van der Waals surface area (Å²) in [6.45, 7) is -1.29. The van der Waals surface area contributed by atoms with Crippen molar-refractivity contribution >= 4 is 186 Å². The molecular weight excluding hydrogens is 814 g/mol. The van der Waals surface area contributed by atoms with Gasteiger partial charge in [0.15, 0.2) is 11.9 Å². The van der Waals surface area contributed by atoms with Crippen LogP contribution in [0.4, 0.5) is 0 Å². The van der Waals surface area contributed by atoms with Gasteiger partial charge in [0.2, 0.25) is 0 Å². The maximum atomic E-state index is 10.0. The second-order valence-electron chi connectivity index (χ2n) is 4.31. The Hall–Kier alpha value is 2.49. The molecule has 0 aromatic heterocycles. The molecule has 0 aromatic rings. The summed E-state index contributed by atoms with van der Waals surface area (Å²) in [5.74, 6) is -4.30. The Morgan fingerprint density at radius 1 is 0.759 bits per heavy atom. The Morgan fingerprint density at radius 2 is 0.966 bits per heavy atom. The minimum atomic E-state index is -5.11. The Balaban J connectivity index is -0.000000120. The number of carboxylic acid groups (broad SMARTS) is 2. The van der Waals surface area contributed by atoms with Crippen LogP contribution >= 0.6 is 15.5 Å². The Labute approximate surface area is 286 Å². The van der Waals surface area contributed by atoms with Crippen LogP contribution in [0, 0.1) is 0 Å². The maximum absolute atomic E-state index is 10.0. The van der Waals surface area contributed by atoms with E-state index in [2.05, 4.69) is 9.53 Å². The third kappa shape index (κ3) is 30.5. The smallest absolute Gasteiger partial charge is 0.793 e. The summed E-state index contributed by atoms with van der Waals surface area (Å²) in [4.78, 5) is 61.7. The number of carbonyl (C=O) groups is 2. The number of carbonyl (C=O) groups excluding carboxylic acids is 2. The Morgan fingerprint density at radius 3 is 1.10 bits per heavy atom. The van der Waals surface area contributed by atoms with Gasteiger partial charge in [-0.05, 0) is 0 Å². The Bertz CT molecular complexity index is 612. The van der Waals surface area contributed by atoms with Gasteiger partial charge in [0.05, 0.1) is 40.5 Å². The molecule has 16 nitrogen and oxygen atoms in total. The largest absolute Gasteiger partial charge is 2.00 e. The summed E-state index contributed by atoms with van der Waals surface area (Å²) in [7, 11) is -7.91. The number of hydrogen-bond donors (Lipinski definition) is 2. The zero-order valence-electron chi connectivity index (χ0n) is 15.5. The van der Waals surface area contributed by atoms with Gasteiger partial charge in [0.1, 0.15) is 0 Å². The van der Waals surface area contributed by atoms with E-state index in [1.807, 2.05) is 0 Å². The topological polar surface area (TPSA) is 290 Å². The molecule has 0 atom stereocenters. The first kappa shape index (κ1) is 41.7.